The highest BCUT2D eigenvalue weighted by Crippen LogP contribution is 2.37. The van der Waals surface area contributed by atoms with E-state index in [0.29, 0.717) is 11.6 Å². The van der Waals surface area contributed by atoms with Crippen LogP contribution < -0.4 is 5.32 Å². The fourth-order valence-corrected chi connectivity index (χ4v) is 5.16. The summed E-state index contributed by atoms with van der Waals surface area (Å²) < 4.78 is 6.70. The first-order valence-electron chi connectivity index (χ1n) is 8.33. The number of nitrogens with zero attached hydrogens (tertiary/aromatic N) is 1. The van der Waals surface area contributed by atoms with Gasteiger partial charge >= 0.3 is 0 Å². The van der Waals surface area contributed by atoms with Crippen molar-refractivity contribution in [1.82, 2.24) is 10.3 Å². The highest BCUT2D eigenvalue weighted by atomic mass is 35.5. The van der Waals surface area contributed by atoms with Crippen LogP contribution in [0, 0.1) is 0 Å². The lowest BCUT2D eigenvalue weighted by atomic mass is 10.0. The van der Waals surface area contributed by atoms with Gasteiger partial charge in [-0.25, -0.2) is 4.98 Å². The molecule has 0 fully saturated rings. The van der Waals surface area contributed by atoms with Crippen LogP contribution in [0.3, 0.4) is 0 Å². The summed E-state index contributed by atoms with van der Waals surface area (Å²) in [4.78, 5) is 18.0. The minimum atomic E-state index is -0.117. The molecular formula is C19H17ClN2O2S2. The fourth-order valence-electron chi connectivity index (χ4n) is 2.96. The second-order valence-electron chi connectivity index (χ2n) is 6.01. The topological polar surface area (TPSA) is 51.2 Å². The van der Waals surface area contributed by atoms with E-state index < -0.39 is 0 Å². The molecule has 1 amide bonds. The number of para-hydroxylation sites is 1. The Morgan fingerprint density at radius 1 is 1.31 bits per heavy atom. The van der Waals surface area contributed by atoms with E-state index in [1.54, 1.807) is 23.1 Å². The van der Waals surface area contributed by atoms with Gasteiger partial charge < -0.3 is 10.1 Å². The first-order chi connectivity index (χ1) is 12.7. The van der Waals surface area contributed by atoms with Crippen molar-refractivity contribution in [1.29, 1.82) is 0 Å². The Balaban J connectivity index is 1.33. The van der Waals surface area contributed by atoms with Crippen LogP contribution in [0.15, 0.2) is 47.4 Å². The van der Waals surface area contributed by atoms with E-state index in [9.17, 15) is 4.79 Å². The van der Waals surface area contributed by atoms with E-state index >= 15 is 0 Å². The van der Waals surface area contributed by atoms with Crippen molar-refractivity contribution < 1.29 is 9.53 Å². The molecule has 0 saturated carbocycles. The van der Waals surface area contributed by atoms with Crippen LogP contribution in [0.2, 0.25) is 5.02 Å². The van der Waals surface area contributed by atoms with E-state index in [1.807, 2.05) is 42.5 Å². The number of thiazole rings is 1. The lowest BCUT2D eigenvalue weighted by Gasteiger charge is -2.26. The Kier molecular flexibility index (Phi) is 5.45. The fraction of sp³-hybridized carbons (Fsp3) is 0.263. The Morgan fingerprint density at radius 2 is 2.19 bits per heavy atom. The standard InChI is InChI=1S/C19H17ClN2O2S2/c20-12-5-6-16-13(9-12)14(7-8-25-16)21-18(23)10-24-11-19-22-15-3-1-2-4-17(15)26-19/h1-6,9,14H,7-8,10-11H2,(H,21,23). The lowest BCUT2D eigenvalue weighted by Crippen LogP contribution is -2.33. The molecule has 134 valence electrons. The third-order valence-electron chi connectivity index (χ3n) is 4.14. The van der Waals surface area contributed by atoms with E-state index in [1.165, 1.54) is 4.90 Å². The Bertz CT molecular complexity index is 911. The van der Waals surface area contributed by atoms with Gasteiger partial charge in [0.05, 0.1) is 22.9 Å². The highest BCUT2D eigenvalue weighted by molar-refractivity contribution is 7.99. The summed E-state index contributed by atoms with van der Waals surface area (Å²) in [5, 5.41) is 4.63. The highest BCUT2D eigenvalue weighted by Gasteiger charge is 2.22. The number of hydrogen-bond donors (Lipinski definition) is 1. The van der Waals surface area contributed by atoms with Crippen molar-refractivity contribution in [3.63, 3.8) is 0 Å². The zero-order chi connectivity index (χ0) is 17.9. The van der Waals surface area contributed by atoms with Crippen LogP contribution in [0.5, 0.6) is 0 Å². The molecule has 26 heavy (non-hydrogen) atoms. The van der Waals surface area contributed by atoms with Crippen molar-refractivity contribution in [2.45, 2.75) is 24.0 Å². The van der Waals surface area contributed by atoms with Crippen LogP contribution >= 0.6 is 34.7 Å². The zero-order valence-electron chi connectivity index (χ0n) is 13.9. The van der Waals surface area contributed by atoms with Gasteiger partial charge in [-0.1, -0.05) is 23.7 Å². The summed E-state index contributed by atoms with van der Waals surface area (Å²) in [7, 11) is 0. The zero-order valence-corrected chi connectivity index (χ0v) is 16.3. The molecule has 1 aromatic heterocycles. The van der Waals surface area contributed by atoms with E-state index in [4.69, 9.17) is 16.3 Å². The van der Waals surface area contributed by atoms with Crippen molar-refractivity contribution >= 4 is 50.8 Å². The molecule has 4 rings (SSSR count). The predicted octanol–water partition coefficient (Wildman–Crippen LogP) is 4.82. The van der Waals surface area contributed by atoms with Gasteiger partial charge in [0.1, 0.15) is 11.6 Å². The van der Waals surface area contributed by atoms with Crippen molar-refractivity contribution in [3.05, 3.63) is 58.1 Å². The van der Waals surface area contributed by atoms with Crippen molar-refractivity contribution in [3.8, 4) is 0 Å². The van der Waals surface area contributed by atoms with Crippen LogP contribution in [0.4, 0.5) is 0 Å². The second-order valence-corrected chi connectivity index (χ2v) is 8.70. The van der Waals surface area contributed by atoms with Gasteiger partial charge in [0.2, 0.25) is 5.91 Å². The number of aromatic nitrogens is 1. The number of carbonyl (C=O) groups excluding carboxylic acids is 1. The minimum absolute atomic E-state index is 0.0106. The number of ether oxygens (including phenoxy) is 1. The first-order valence-corrected chi connectivity index (χ1v) is 10.5. The van der Waals surface area contributed by atoms with Crippen molar-refractivity contribution in [2.75, 3.05) is 12.4 Å². The molecule has 7 heteroatoms. The molecule has 0 radical (unpaired) electrons. The van der Waals surface area contributed by atoms with Gasteiger partial charge in [0, 0.05) is 15.7 Å². The number of rotatable bonds is 5. The van der Waals surface area contributed by atoms with Gasteiger partial charge in [0.15, 0.2) is 0 Å². The molecule has 0 bridgehead atoms. The van der Waals surface area contributed by atoms with Crippen LogP contribution in [-0.2, 0) is 16.1 Å². The number of fused-ring (bicyclic) bond motifs is 2. The SMILES string of the molecule is O=C(COCc1nc2ccccc2s1)NC1CCSc2ccc(Cl)cc21. The van der Waals surface area contributed by atoms with Crippen molar-refractivity contribution in [2.24, 2.45) is 0 Å². The molecule has 1 aliphatic rings. The Hall–Kier alpha value is -1.60. The molecule has 1 atom stereocenters. The van der Waals surface area contributed by atoms with Crippen LogP contribution in [0.1, 0.15) is 23.0 Å². The lowest BCUT2D eigenvalue weighted by molar-refractivity contribution is -0.126. The number of hydrogen-bond acceptors (Lipinski definition) is 5. The average Bonchev–Trinajstić information content (AvgIpc) is 3.05. The third kappa shape index (κ3) is 4.04. The van der Waals surface area contributed by atoms with Gasteiger partial charge in [0.25, 0.3) is 0 Å². The molecule has 3 aromatic rings. The van der Waals surface area contributed by atoms with Gasteiger partial charge in [-0.15, -0.1) is 23.1 Å². The largest absolute Gasteiger partial charge is 0.364 e. The molecule has 4 nitrogen and oxygen atoms in total. The Labute approximate surface area is 164 Å². The Morgan fingerprint density at radius 3 is 3.08 bits per heavy atom. The number of thioether (sulfide) groups is 1. The number of halogens is 1. The molecule has 0 saturated heterocycles. The average molecular weight is 405 g/mol. The normalized spacial score (nSPS) is 16.4. The van der Waals surface area contributed by atoms with Gasteiger partial charge in [-0.05, 0) is 42.3 Å². The quantitative estimate of drug-likeness (QED) is 0.662. The molecule has 1 unspecified atom stereocenters. The molecule has 0 aliphatic carbocycles. The summed E-state index contributed by atoms with van der Waals surface area (Å²) >= 11 is 9.50. The maximum absolute atomic E-state index is 12.3. The van der Waals surface area contributed by atoms with Crippen LogP contribution in [-0.4, -0.2) is 23.3 Å². The van der Waals surface area contributed by atoms with E-state index in [2.05, 4.69) is 10.3 Å². The second kappa shape index (κ2) is 7.96. The summed E-state index contributed by atoms with van der Waals surface area (Å²) in [5.74, 6) is 0.862. The molecule has 2 heterocycles. The maximum Gasteiger partial charge on any atom is 0.246 e. The maximum atomic E-state index is 12.3. The number of amides is 1. The molecule has 2 aromatic carbocycles. The first kappa shape index (κ1) is 17.8. The van der Waals surface area contributed by atoms with E-state index in [0.717, 1.165) is 33.0 Å². The van der Waals surface area contributed by atoms with Gasteiger partial charge in [-0.3, -0.25) is 4.79 Å². The minimum Gasteiger partial charge on any atom is -0.364 e. The summed E-state index contributed by atoms with van der Waals surface area (Å²) in [6.07, 6.45) is 0.890. The third-order valence-corrected chi connectivity index (χ3v) is 6.51. The molecule has 1 aliphatic heterocycles. The summed E-state index contributed by atoms with van der Waals surface area (Å²) in [6.45, 7) is 0.366. The molecule has 0 spiro atoms. The summed E-state index contributed by atoms with van der Waals surface area (Å²) in [6, 6.07) is 13.8. The number of nitrogens with one attached hydrogen (secondary N) is 1. The monoisotopic (exact) mass is 404 g/mol. The smallest absolute Gasteiger partial charge is 0.246 e. The molecule has 1 N–H and O–H groups in total. The molecular weight excluding hydrogens is 388 g/mol. The van der Waals surface area contributed by atoms with Gasteiger partial charge in [-0.2, -0.15) is 0 Å². The predicted molar refractivity (Wildman–Crippen MR) is 107 cm³/mol. The van der Waals surface area contributed by atoms with E-state index in [-0.39, 0.29) is 18.6 Å². The number of carbonyl (C=O) groups is 1. The summed E-state index contributed by atoms with van der Waals surface area (Å²) in [5.41, 5.74) is 2.06. The van der Waals surface area contributed by atoms with Crippen LogP contribution in [0.25, 0.3) is 10.2 Å². The number of benzene rings is 2.